The van der Waals surface area contributed by atoms with Crippen LogP contribution in [0.3, 0.4) is 0 Å². The van der Waals surface area contributed by atoms with Gasteiger partial charge in [-0.05, 0) is 47.7 Å². The van der Waals surface area contributed by atoms with E-state index < -0.39 is 0 Å². The largest absolute Gasteiger partial charge is 0.394 e. The van der Waals surface area contributed by atoms with Gasteiger partial charge in [-0.25, -0.2) is 9.97 Å². The van der Waals surface area contributed by atoms with E-state index in [2.05, 4.69) is 20.6 Å². The molecule has 4 aromatic rings. The van der Waals surface area contributed by atoms with Crippen molar-refractivity contribution in [2.24, 2.45) is 0 Å². The number of aliphatic hydroxyl groups excluding tert-OH is 1. The molecule has 2 aromatic carbocycles. The zero-order chi connectivity index (χ0) is 24.2. The van der Waals surface area contributed by atoms with Crippen molar-refractivity contribution in [3.05, 3.63) is 90.3 Å². The smallest absolute Gasteiger partial charge is 0.258 e. The minimum Gasteiger partial charge on any atom is -0.394 e. The summed E-state index contributed by atoms with van der Waals surface area (Å²) in [5.74, 6) is 0.709. The number of carbonyl (C=O) groups excluding carboxylic acids is 2. The van der Waals surface area contributed by atoms with Gasteiger partial charge in [-0.2, -0.15) is 0 Å². The minimum atomic E-state index is -0.264. The summed E-state index contributed by atoms with van der Waals surface area (Å²) in [6.07, 6.45) is 4.41. The highest BCUT2D eigenvalue weighted by atomic mass is 16.3. The van der Waals surface area contributed by atoms with Gasteiger partial charge in [0.1, 0.15) is 11.6 Å². The van der Waals surface area contributed by atoms with E-state index in [1.165, 1.54) is 0 Å². The number of carbonyl (C=O) groups is 2. The van der Waals surface area contributed by atoms with Crippen molar-refractivity contribution in [3.8, 4) is 0 Å². The van der Waals surface area contributed by atoms with Crippen molar-refractivity contribution in [1.29, 1.82) is 0 Å². The van der Waals surface area contributed by atoms with Crippen molar-refractivity contribution >= 4 is 39.9 Å². The van der Waals surface area contributed by atoms with Gasteiger partial charge in [-0.15, -0.1) is 0 Å². The number of para-hydroxylation sites is 1. The van der Waals surface area contributed by atoms with Crippen LogP contribution >= 0.6 is 0 Å². The molecule has 0 bridgehead atoms. The van der Waals surface area contributed by atoms with Crippen molar-refractivity contribution in [2.75, 3.05) is 22.1 Å². The highest BCUT2D eigenvalue weighted by Crippen LogP contribution is 2.26. The molecule has 0 aliphatic carbocycles. The van der Waals surface area contributed by atoms with Gasteiger partial charge in [0, 0.05) is 36.4 Å². The molecule has 8 heteroatoms. The molecule has 5 rings (SSSR count). The summed E-state index contributed by atoms with van der Waals surface area (Å²) in [7, 11) is 0. The Hall–Kier alpha value is -4.30. The van der Waals surface area contributed by atoms with Crippen LogP contribution < -0.4 is 15.5 Å². The maximum absolute atomic E-state index is 13.0. The number of benzene rings is 2. The molecule has 0 saturated carbocycles. The molecule has 0 spiro atoms. The van der Waals surface area contributed by atoms with Crippen LogP contribution in [0.25, 0.3) is 10.8 Å². The number of rotatable bonds is 7. The monoisotopic (exact) mass is 467 g/mol. The summed E-state index contributed by atoms with van der Waals surface area (Å²) in [6, 6.07) is 20.4. The first-order valence-corrected chi connectivity index (χ1v) is 11.5. The van der Waals surface area contributed by atoms with E-state index in [1.54, 1.807) is 23.4 Å². The van der Waals surface area contributed by atoms with Gasteiger partial charge in [0.05, 0.1) is 18.2 Å². The Morgan fingerprint density at radius 1 is 1.03 bits per heavy atom. The second-order valence-corrected chi connectivity index (χ2v) is 8.43. The number of hydrogen-bond donors (Lipinski definition) is 3. The molecule has 1 atom stereocenters. The van der Waals surface area contributed by atoms with Crippen molar-refractivity contribution in [1.82, 2.24) is 9.97 Å². The molecule has 2 aromatic heterocycles. The number of amides is 2. The Balaban J connectivity index is 1.31. The van der Waals surface area contributed by atoms with E-state index in [0.29, 0.717) is 42.3 Å². The molecular formula is C27H25N5O3. The molecule has 0 radical (unpaired) electrons. The third kappa shape index (κ3) is 4.83. The normalized spacial score (nSPS) is 15.4. The van der Waals surface area contributed by atoms with E-state index >= 15 is 0 Å². The molecule has 35 heavy (non-hydrogen) atoms. The van der Waals surface area contributed by atoms with Gasteiger partial charge in [0.2, 0.25) is 5.91 Å². The summed E-state index contributed by atoms with van der Waals surface area (Å²) < 4.78 is 0. The van der Waals surface area contributed by atoms with Gasteiger partial charge in [-0.3, -0.25) is 14.5 Å². The lowest BCUT2D eigenvalue weighted by Gasteiger charge is -2.22. The standard InChI is InChI=1S/C27H25N5O3/c33-17-21-9-10-26(34)32(21)25-13-18(11-12-28-25)15-29-23-8-4-3-7-22(23)27(35)31-24-14-19-5-1-2-6-20(19)16-30-24/h1-8,11-14,16,21,29,33H,9-10,15,17H2,(H,30,31,35)/t21-/m0/s1. The number of nitrogens with zero attached hydrogens (tertiary/aromatic N) is 3. The van der Waals surface area contributed by atoms with Gasteiger partial charge >= 0.3 is 0 Å². The highest BCUT2D eigenvalue weighted by Gasteiger charge is 2.32. The number of aromatic nitrogens is 2. The Morgan fingerprint density at radius 3 is 2.69 bits per heavy atom. The molecule has 3 N–H and O–H groups in total. The fourth-order valence-corrected chi connectivity index (χ4v) is 4.30. The van der Waals surface area contributed by atoms with E-state index in [9.17, 15) is 14.7 Å². The lowest BCUT2D eigenvalue weighted by molar-refractivity contribution is -0.117. The molecule has 176 valence electrons. The molecule has 3 heterocycles. The fourth-order valence-electron chi connectivity index (χ4n) is 4.30. The minimum absolute atomic E-state index is 0.0361. The van der Waals surface area contributed by atoms with Crippen LogP contribution in [0.2, 0.25) is 0 Å². The number of anilines is 3. The highest BCUT2D eigenvalue weighted by molar-refractivity contribution is 6.08. The Labute approximate surface area is 202 Å². The summed E-state index contributed by atoms with van der Waals surface area (Å²) in [5, 5.41) is 17.8. The lowest BCUT2D eigenvalue weighted by atomic mass is 10.1. The fraction of sp³-hybridized carbons (Fsp3) is 0.185. The average molecular weight is 468 g/mol. The summed E-state index contributed by atoms with van der Waals surface area (Å²) in [4.78, 5) is 35.6. The Kier molecular flexibility index (Phi) is 6.36. The summed E-state index contributed by atoms with van der Waals surface area (Å²) in [5.41, 5.74) is 2.07. The van der Waals surface area contributed by atoms with Crippen LogP contribution in [0.15, 0.2) is 79.1 Å². The summed E-state index contributed by atoms with van der Waals surface area (Å²) in [6.45, 7) is 0.338. The van der Waals surface area contributed by atoms with Gasteiger partial charge < -0.3 is 15.7 Å². The van der Waals surface area contributed by atoms with Crippen molar-refractivity contribution < 1.29 is 14.7 Å². The molecule has 8 nitrogen and oxygen atoms in total. The maximum Gasteiger partial charge on any atom is 0.258 e. The molecule has 0 unspecified atom stereocenters. The zero-order valence-corrected chi connectivity index (χ0v) is 19.0. The Bertz CT molecular complexity index is 1390. The van der Waals surface area contributed by atoms with E-state index in [0.717, 1.165) is 16.3 Å². The lowest BCUT2D eigenvalue weighted by Crippen LogP contribution is -2.36. The number of hydrogen-bond acceptors (Lipinski definition) is 6. The second kappa shape index (κ2) is 9.90. The third-order valence-corrected chi connectivity index (χ3v) is 6.12. The van der Waals surface area contributed by atoms with Crippen molar-refractivity contribution in [2.45, 2.75) is 25.4 Å². The predicted octanol–water partition coefficient (Wildman–Crippen LogP) is 3.98. The summed E-state index contributed by atoms with van der Waals surface area (Å²) >= 11 is 0. The predicted molar refractivity (Wildman–Crippen MR) is 135 cm³/mol. The molecule has 1 aliphatic rings. The molecule has 1 fully saturated rings. The zero-order valence-electron chi connectivity index (χ0n) is 19.0. The Morgan fingerprint density at radius 2 is 1.83 bits per heavy atom. The van der Waals surface area contributed by atoms with Crippen LogP contribution in [-0.4, -0.2) is 39.5 Å². The number of pyridine rings is 2. The maximum atomic E-state index is 13.0. The molecule has 2 amide bonds. The quantitative estimate of drug-likeness (QED) is 0.380. The van der Waals surface area contributed by atoms with Crippen LogP contribution in [0.1, 0.15) is 28.8 Å². The van der Waals surface area contributed by atoms with Crippen LogP contribution in [0, 0.1) is 0 Å². The number of fused-ring (bicyclic) bond motifs is 1. The first-order valence-electron chi connectivity index (χ1n) is 11.5. The number of aliphatic hydroxyl groups is 1. The van der Waals surface area contributed by atoms with Gasteiger partial charge in [0.15, 0.2) is 0 Å². The van der Waals surface area contributed by atoms with Gasteiger partial charge in [0.25, 0.3) is 5.91 Å². The van der Waals surface area contributed by atoms with Crippen LogP contribution in [0.4, 0.5) is 17.3 Å². The van der Waals surface area contributed by atoms with Crippen LogP contribution in [0.5, 0.6) is 0 Å². The average Bonchev–Trinajstić information content (AvgIpc) is 3.28. The first-order chi connectivity index (χ1) is 17.1. The topological polar surface area (TPSA) is 107 Å². The molecule has 1 aliphatic heterocycles. The van der Waals surface area contributed by atoms with E-state index in [-0.39, 0.29) is 24.5 Å². The third-order valence-electron chi connectivity index (χ3n) is 6.12. The van der Waals surface area contributed by atoms with Gasteiger partial charge in [-0.1, -0.05) is 36.4 Å². The first kappa shape index (κ1) is 22.5. The van der Waals surface area contributed by atoms with Crippen LogP contribution in [-0.2, 0) is 11.3 Å². The van der Waals surface area contributed by atoms with Crippen molar-refractivity contribution in [3.63, 3.8) is 0 Å². The molecular weight excluding hydrogens is 442 g/mol. The van der Waals surface area contributed by atoms with E-state index in [1.807, 2.05) is 60.7 Å². The number of nitrogens with one attached hydrogen (secondary N) is 2. The SMILES string of the molecule is O=C(Nc1cc2ccccc2cn1)c1ccccc1NCc1ccnc(N2C(=O)CC[C@H]2CO)c1. The molecule has 1 saturated heterocycles. The van der Waals surface area contributed by atoms with E-state index in [4.69, 9.17) is 0 Å². The second-order valence-electron chi connectivity index (χ2n) is 8.43.